The summed E-state index contributed by atoms with van der Waals surface area (Å²) in [5, 5.41) is 9.94. The number of amides is 4. The normalized spacial score (nSPS) is 14.8. The second-order valence-electron chi connectivity index (χ2n) is 15.6. The topological polar surface area (TPSA) is 269 Å². The fourth-order valence-corrected chi connectivity index (χ4v) is 8.13. The molecule has 0 aliphatic carbocycles. The summed E-state index contributed by atoms with van der Waals surface area (Å²) in [5.41, 5.74) is 0. The SMILES string of the molecule is CCCCCCCCCCC(CC(COP(=O)([O-])OCCNC(=O)NCCOP(=O)([O-])OCC(CC(CCCCCCCCCC)OC(C)=O)NC(C)=O)NC(C)=O)OC(C)=O.[Na+].[Na+]. The smallest absolute Gasteiger partial charge is 0.756 e. The number of unbranched alkanes of at least 4 members (excludes halogenated alkanes) is 14. The summed E-state index contributed by atoms with van der Waals surface area (Å²) in [6.07, 6.45) is 17.7. The van der Waals surface area contributed by atoms with Gasteiger partial charge in [-0.2, -0.15) is 0 Å². The molecule has 0 aliphatic rings. The fourth-order valence-electron chi connectivity index (χ4n) is 6.62. The predicted molar refractivity (Wildman–Crippen MR) is 230 cm³/mol. The second kappa shape index (κ2) is 42.5. The van der Waals surface area contributed by atoms with E-state index in [2.05, 4.69) is 35.1 Å². The van der Waals surface area contributed by atoms with E-state index < -0.39 is 96.1 Å². The Morgan fingerprint density at radius 2 is 0.812 bits per heavy atom. The van der Waals surface area contributed by atoms with Gasteiger partial charge in [0.15, 0.2) is 0 Å². The maximum atomic E-state index is 12.4. The molecule has 364 valence electrons. The monoisotopic (exact) mass is 974 g/mol. The van der Waals surface area contributed by atoms with Gasteiger partial charge in [-0.15, -0.1) is 0 Å². The maximum Gasteiger partial charge on any atom is 1.00 e. The van der Waals surface area contributed by atoms with E-state index in [1.54, 1.807) is 0 Å². The van der Waals surface area contributed by atoms with E-state index in [9.17, 15) is 42.9 Å². The zero-order chi connectivity index (χ0) is 46.7. The largest absolute Gasteiger partial charge is 1.00 e. The van der Waals surface area contributed by atoms with Crippen LogP contribution in [0.15, 0.2) is 0 Å². The third-order valence-electron chi connectivity index (χ3n) is 9.48. The molecule has 19 nitrogen and oxygen atoms in total. The average Bonchev–Trinajstić information content (AvgIpc) is 3.17. The van der Waals surface area contributed by atoms with Gasteiger partial charge in [-0.3, -0.25) is 28.3 Å². The molecular weight excluding hydrogens is 896 g/mol. The van der Waals surface area contributed by atoms with Crippen LogP contribution >= 0.6 is 15.6 Å². The van der Waals surface area contributed by atoms with Crippen LogP contribution in [0.4, 0.5) is 4.79 Å². The Hall–Kier alpha value is -0.630. The van der Waals surface area contributed by atoms with Crippen molar-refractivity contribution in [2.75, 3.05) is 39.5 Å². The number of phosphoric ester groups is 2. The van der Waals surface area contributed by atoms with E-state index in [1.807, 2.05) is 0 Å². The van der Waals surface area contributed by atoms with Crippen LogP contribution in [0.25, 0.3) is 0 Å². The second-order valence-corrected chi connectivity index (χ2v) is 18.4. The van der Waals surface area contributed by atoms with Crippen molar-refractivity contribution in [2.24, 2.45) is 0 Å². The Morgan fingerprint density at radius 1 is 0.500 bits per heavy atom. The number of carbonyl (C=O) groups excluding carboxylic acids is 5. The molecule has 0 fully saturated rings. The molecule has 0 rings (SSSR count). The predicted octanol–water partition coefficient (Wildman–Crippen LogP) is 0.0114. The number of rotatable bonds is 40. The number of ether oxygens (including phenoxy) is 2. The third-order valence-corrected chi connectivity index (χ3v) is 11.4. The first-order chi connectivity index (χ1) is 29.4. The quantitative estimate of drug-likeness (QED) is 0.0273. The van der Waals surface area contributed by atoms with E-state index in [-0.39, 0.29) is 85.0 Å². The number of hydrogen-bond donors (Lipinski definition) is 4. The minimum Gasteiger partial charge on any atom is -0.756 e. The molecule has 4 amide bonds. The van der Waals surface area contributed by atoms with Gasteiger partial charge in [0.2, 0.25) is 11.8 Å². The number of urea groups is 1. The number of phosphoric acid groups is 2. The molecular formula is C41H78N4Na2O15P2. The van der Waals surface area contributed by atoms with Gasteiger partial charge in [-0.25, -0.2) is 4.79 Å². The van der Waals surface area contributed by atoms with Crippen LogP contribution in [0.5, 0.6) is 0 Å². The molecule has 6 atom stereocenters. The molecule has 0 bridgehead atoms. The van der Waals surface area contributed by atoms with Crippen LogP contribution in [-0.2, 0) is 55.9 Å². The van der Waals surface area contributed by atoms with E-state index >= 15 is 0 Å². The standard InChI is InChI=1S/C41H80N4O15P2.2Na/c1-7-9-11-13-15-17-19-21-23-39(59-35(5)48)29-37(44-33(3)46)31-57-61(51,52)55-27-25-42-41(50)43-26-28-56-62(53,54)58-32-38(45-34(4)47)30-40(60-36(6)49)24-22-20-18-16-14-12-10-8-2;;/h37-40H,7-32H2,1-6H3,(H,44,46)(H,45,47)(H,51,52)(H,53,54)(H2,42,43,50);;/q;2*+1/p-2. The summed E-state index contributed by atoms with van der Waals surface area (Å²) in [6.45, 7) is 6.95. The van der Waals surface area contributed by atoms with Crippen LogP contribution in [0, 0.1) is 0 Å². The van der Waals surface area contributed by atoms with Crippen LogP contribution < -0.4 is 90.2 Å². The molecule has 0 aromatic rings. The molecule has 0 saturated heterocycles. The van der Waals surface area contributed by atoms with Crippen molar-refractivity contribution in [3.8, 4) is 0 Å². The van der Waals surface area contributed by atoms with E-state index in [4.69, 9.17) is 27.6 Å². The first kappa shape index (κ1) is 67.6. The first-order valence-corrected chi connectivity index (χ1v) is 25.4. The van der Waals surface area contributed by atoms with E-state index in [0.29, 0.717) is 12.8 Å². The van der Waals surface area contributed by atoms with Gasteiger partial charge >= 0.3 is 77.1 Å². The zero-order valence-electron chi connectivity index (χ0n) is 40.2. The Kier molecular flexibility index (Phi) is 44.9. The van der Waals surface area contributed by atoms with Crippen LogP contribution in [0.2, 0.25) is 0 Å². The first-order valence-electron chi connectivity index (χ1n) is 22.5. The molecule has 0 radical (unpaired) electrons. The molecule has 23 heteroatoms. The molecule has 4 N–H and O–H groups in total. The van der Waals surface area contributed by atoms with Gasteiger partial charge < -0.3 is 58.6 Å². The van der Waals surface area contributed by atoms with Gasteiger partial charge in [0.05, 0.1) is 38.5 Å². The molecule has 0 aromatic carbocycles. The van der Waals surface area contributed by atoms with Crippen molar-refractivity contribution in [3.05, 3.63) is 0 Å². The summed E-state index contributed by atoms with van der Waals surface area (Å²) in [5.74, 6) is -1.84. The van der Waals surface area contributed by atoms with Crippen molar-refractivity contribution in [3.63, 3.8) is 0 Å². The molecule has 64 heavy (non-hydrogen) atoms. The van der Waals surface area contributed by atoms with Crippen LogP contribution in [-0.4, -0.2) is 93.6 Å². The van der Waals surface area contributed by atoms with Gasteiger partial charge in [0.1, 0.15) is 12.2 Å². The minimum atomic E-state index is -4.88. The van der Waals surface area contributed by atoms with Crippen LogP contribution in [0.3, 0.4) is 0 Å². The molecule has 6 unspecified atom stereocenters. The van der Waals surface area contributed by atoms with Gasteiger partial charge in [-0.1, -0.05) is 104 Å². The van der Waals surface area contributed by atoms with Gasteiger partial charge in [0, 0.05) is 53.6 Å². The van der Waals surface area contributed by atoms with Crippen molar-refractivity contribution in [1.82, 2.24) is 21.3 Å². The van der Waals surface area contributed by atoms with Crippen molar-refractivity contribution in [1.29, 1.82) is 0 Å². The van der Waals surface area contributed by atoms with Crippen molar-refractivity contribution < 1.29 is 130 Å². The summed E-state index contributed by atoms with van der Waals surface area (Å²) in [4.78, 5) is 84.3. The summed E-state index contributed by atoms with van der Waals surface area (Å²) < 4.78 is 55.4. The zero-order valence-corrected chi connectivity index (χ0v) is 46.0. The van der Waals surface area contributed by atoms with E-state index in [0.717, 1.165) is 51.4 Å². The molecule has 0 aliphatic heterocycles. The Bertz CT molecular complexity index is 1260. The van der Waals surface area contributed by atoms with E-state index in [1.165, 1.54) is 79.1 Å². The van der Waals surface area contributed by atoms with Crippen molar-refractivity contribution in [2.45, 2.75) is 194 Å². The Balaban J connectivity index is -0.0000186. The summed E-state index contributed by atoms with van der Waals surface area (Å²) >= 11 is 0. The Labute approximate surface area is 427 Å². The average molecular weight is 975 g/mol. The van der Waals surface area contributed by atoms with Gasteiger partial charge in [-0.05, 0) is 25.7 Å². The Morgan fingerprint density at radius 3 is 1.11 bits per heavy atom. The number of nitrogens with one attached hydrogen (secondary N) is 4. The number of carbonyl (C=O) groups is 5. The maximum absolute atomic E-state index is 12.4. The summed E-state index contributed by atoms with van der Waals surface area (Å²) in [6, 6.07) is -2.38. The molecule has 0 saturated carbocycles. The molecule has 0 heterocycles. The van der Waals surface area contributed by atoms with Crippen molar-refractivity contribution >= 4 is 45.4 Å². The summed E-state index contributed by atoms with van der Waals surface area (Å²) in [7, 11) is -9.76. The minimum absolute atomic E-state index is 0. The number of esters is 2. The third kappa shape index (κ3) is 43.9. The van der Waals surface area contributed by atoms with Gasteiger partial charge in [0.25, 0.3) is 15.6 Å². The van der Waals surface area contributed by atoms with Crippen LogP contribution in [0.1, 0.15) is 170 Å². The molecule has 0 spiro atoms. The number of hydrogen-bond acceptors (Lipinski definition) is 15. The fraction of sp³-hybridized carbons (Fsp3) is 0.878. The molecule has 0 aromatic heterocycles.